The lowest BCUT2D eigenvalue weighted by molar-refractivity contribution is 0.0919. The van der Waals surface area contributed by atoms with Crippen molar-refractivity contribution in [1.29, 1.82) is 0 Å². The summed E-state index contributed by atoms with van der Waals surface area (Å²) in [6, 6.07) is 6.41. The number of nitrogens with one attached hydrogen (secondary N) is 1. The molecule has 1 aliphatic rings. The van der Waals surface area contributed by atoms with Crippen molar-refractivity contribution in [2.24, 2.45) is 0 Å². The van der Waals surface area contributed by atoms with Crippen LogP contribution in [-0.4, -0.2) is 11.4 Å². The van der Waals surface area contributed by atoms with Crippen molar-refractivity contribution in [2.45, 2.75) is 71.3 Å². The summed E-state index contributed by atoms with van der Waals surface area (Å²) < 4.78 is 0. The first-order valence-electron chi connectivity index (χ1n) is 7.59. The third-order valence-electron chi connectivity index (χ3n) is 4.07. The van der Waals surface area contributed by atoms with Crippen LogP contribution in [0.15, 0.2) is 18.2 Å². The summed E-state index contributed by atoms with van der Waals surface area (Å²) in [5.41, 5.74) is 3.47. The number of carbonyl (C=O) groups is 1. The minimum atomic E-state index is -0.200. The van der Waals surface area contributed by atoms with E-state index in [0.29, 0.717) is 11.3 Å². The Balaban J connectivity index is 2.37. The molecule has 110 valence electrons. The Bertz CT molecular complexity index is 519. The van der Waals surface area contributed by atoms with E-state index in [9.17, 15) is 4.79 Å². The first kappa shape index (κ1) is 15.1. The number of hydrogen-bond acceptors (Lipinski definition) is 1. The molecule has 0 unspecified atom stereocenters. The van der Waals surface area contributed by atoms with Crippen LogP contribution < -0.4 is 5.32 Å². The maximum atomic E-state index is 12.4. The molecule has 1 aliphatic carbocycles. The number of benzene rings is 1. The van der Waals surface area contributed by atoms with Crippen molar-refractivity contribution in [3.63, 3.8) is 0 Å². The van der Waals surface area contributed by atoms with E-state index in [1.54, 1.807) is 0 Å². The summed E-state index contributed by atoms with van der Waals surface area (Å²) in [4.78, 5) is 12.4. The summed E-state index contributed by atoms with van der Waals surface area (Å²) >= 11 is 0. The molecule has 1 aromatic rings. The first-order valence-corrected chi connectivity index (χ1v) is 7.59. The normalized spacial score (nSPS) is 17.1. The molecule has 2 rings (SSSR count). The van der Waals surface area contributed by atoms with Gasteiger partial charge in [-0.3, -0.25) is 4.79 Å². The minimum Gasteiger partial charge on any atom is -0.347 e. The molecule has 0 bridgehead atoms. The molecule has 20 heavy (non-hydrogen) atoms. The fraction of sp³-hybridized carbons (Fsp3) is 0.611. The van der Waals surface area contributed by atoms with Gasteiger partial charge in [-0.25, -0.2) is 0 Å². The molecule has 1 N–H and O–H groups in total. The monoisotopic (exact) mass is 273 g/mol. The summed E-state index contributed by atoms with van der Waals surface area (Å²) in [5, 5.41) is 3.06. The van der Waals surface area contributed by atoms with Gasteiger partial charge >= 0.3 is 0 Å². The number of carbonyl (C=O) groups excluding carboxylic acids is 1. The third-order valence-corrected chi connectivity index (χ3v) is 4.07. The van der Waals surface area contributed by atoms with Crippen molar-refractivity contribution < 1.29 is 4.79 Å². The van der Waals surface area contributed by atoms with E-state index in [1.165, 1.54) is 24.0 Å². The molecular formula is C18H27NO. The smallest absolute Gasteiger partial charge is 0.251 e. The average Bonchev–Trinajstić information content (AvgIpc) is 3.06. The van der Waals surface area contributed by atoms with Gasteiger partial charge in [-0.15, -0.1) is 0 Å². The van der Waals surface area contributed by atoms with Gasteiger partial charge in [0.15, 0.2) is 0 Å². The molecule has 0 saturated heterocycles. The van der Waals surface area contributed by atoms with Crippen LogP contribution in [-0.2, 0) is 5.41 Å². The van der Waals surface area contributed by atoms with E-state index in [1.807, 2.05) is 26.8 Å². The molecule has 0 aliphatic heterocycles. The van der Waals surface area contributed by atoms with Crippen LogP contribution in [0, 0.1) is 0 Å². The molecule has 1 amide bonds. The van der Waals surface area contributed by atoms with Crippen molar-refractivity contribution in [3.8, 4) is 0 Å². The van der Waals surface area contributed by atoms with Crippen molar-refractivity contribution in [3.05, 3.63) is 34.9 Å². The standard InChI is InChI=1S/C18H27NO/c1-12(2)13-9-14(16(20)19-17(3,4)5)11-15(10-13)18(6)7-8-18/h9-12H,7-8H2,1-6H3,(H,19,20). The number of amides is 1. The highest BCUT2D eigenvalue weighted by Gasteiger charge is 2.39. The second-order valence-electron chi connectivity index (χ2n) is 7.76. The van der Waals surface area contributed by atoms with Gasteiger partial charge in [0.2, 0.25) is 0 Å². The molecule has 1 saturated carbocycles. The molecule has 0 aromatic heterocycles. The van der Waals surface area contributed by atoms with Gasteiger partial charge in [0, 0.05) is 11.1 Å². The van der Waals surface area contributed by atoms with Crippen LogP contribution in [0.3, 0.4) is 0 Å². The molecule has 2 heteroatoms. The third kappa shape index (κ3) is 3.41. The SMILES string of the molecule is CC(C)c1cc(C(=O)NC(C)(C)C)cc(C2(C)CC2)c1. The molecule has 0 spiro atoms. The highest BCUT2D eigenvalue weighted by Crippen LogP contribution is 2.48. The van der Waals surface area contributed by atoms with E-state index in [2.05, 4.69) is 38.2 Å². The van der Waals surface area contributed by atoms with Crippen molar-refractivity contribution in [2.75, 3.05) is 0 Å². The fourth-order valence-corrected chi connectivity index (χ4v) is 2.35. The largest absolute Gasteiger partial charge is 0.347 e. The lowest BCUT2D eigenvalue weighted by atomic mass is 9.90. The van der Waals surface area contributed by atoms with E-state index in [0.717, 1.165) is 5.56 Å². The quantitative estimate of drug-likeness (QED) is 0.869. The Hall–Kier alpha value is -1.31. The van der Waals surface area contributed by atoms with Gasteiger partial charge in [0.25, 0.3) is 5.91 Å². The molecule has 0 radical (unpaired) electrons. The van der Waals surface area contributed by atoms with Crippen LogP contribution >= 0.6 is 0 Å². The Morgan fingerprint density at radius 3 is 2.25 bits per heavy atom. The zero-order valence-corrected chi connectivity index (χ0v) is 13.6. The van der Waals surface area contributed by atoms with E-state index in [4.69, 9.17) is 0 Å². The molecule has 0 atom stereocenters. The summed E-state index contributed by atoms with van der Waals surface area (Å²) in [5.74, 6) is 0.476. The maximum absolute atomic E-state index is 12.4. The Morgan fingerprint density at radius 2 is 1.80 bits per heavy atom. The second kappa shape index (κ2) is 4.91. The zero-order chi connectivity index (χ0) is 15.1. The van der Waals surface area contributed by atoms with E-state index >= 15 is 0 Å². The van der Waals surface area contributed by atoms with Crippen LogP contribution in [0.5, 0.6) is 0 Å². The topological polar surface area (TPSA) is 29.1 Å². The summed E-state index contributed by atoms with van der Waals surface area (Å²) in [6.07, 6.45) is 2.46. The van der Waals surface area contributed by atoms with Crippen LogP contribution in [0.2, 0.25) is 0 Å². The molecule has 0 heterocycles. The van der Waals surface area contributed by atoms with Gasteiger partial charge in [0.1, 0.15) is 0 Å². The van der Waals surface area contributed by atoms with E-state index < -0.39 is 0 Å². The lowest BCUT2D eigenvalue weighted by Crippen LogP contribution is -2.40. The van der Waals surface area contributed by atoms with Crippen LogP contribution in [0.25, 0.3) is 0 Å². The molecule has 1 aromatic carbocycles. The predicted molar refractivity (Wildman–Crippen MR) is 84.3 cm³/mol. The fourth-order valence-electron chi connectivity index (χ4n) is 2.35. The maximum Gasteiger partial charge on any atom is 0.251 e. The van der Waals surface area contributed by atoms with Gasteiger partial charge < -0.3 is 5.32 Å². The zero-order valence-electron chi connectivity index (χ0n) is 13.6. The minimum absolute atomic E-state index is 0.0329. The lowest BCUT2D eigenvalue weighted by Gasteiger charge is -2.22. The second-order valence-corrected chi connectivity index (χ2v) is 7.76. The molecule has 1 fully saturated rings. The van der Waals surface area contributed by atoms with Crippen LogP contribution in [0.4, 0.5) is 0 Å². The van der Waals surface area contributed by atoms with E-state index in [-0.39, 0.29) is 11.4 Å². The van der Waals surface area contributed by atoms with Gasteiger partial charge in [-0.05, 0) is 68.2 Å². The Kier molecular flexibility index (Phi) is 3.70. The molecular weight excluding hydrogens is 246 g/mol. The highest BCUT2D eigenvalue weighted by molar-refractivity contribution is 5.95. The summed E-state index contributed by atoms with van der Waals surface area (Å²) in [6.45, 7) is 12.7. The summed E-state index contributed by atoms with van der Waals surface area (Å²) in [7, 11) is 0. The Labute approximate surface area is 123 Å². The average molecular weight is 273 g/mol. The van der Waals surface area contributed by atoms with Crippen molar-refractivity contribution in [1.82, 2.24) is 5.32 Å². The number of hydrogen-bond donors (Lipinski definition) is 1. The number of rotatable bonds is 3. The predicted octanol–water partition coefficient (Wildman–Crippen LogP) is 4.39. The first-order chi connectivity index (χ1) is 9.11. The van der Waals surface area contributed by atoms with Crippen molar-refractivity contribution >= 4 is 5.91 Å². The van der Waals surface area contributed by atoms with Gasteiger partial charge in [-0.1, -0.05) is 26.8 Å². The molecule has 2 nitrogen and oxygen atoms in total. The van der Waals surface area contributed by atoms with Crippen LogP contribution in [0.1, 0.15) is 81.8 Å². The van der Waals surface area contributed by atoms with Gasteiger partial charge in [0.05, 0.1) is 0 Å². The van der Waals surface area contributed by atoms with Gasteiger partial charge in [-0.2, -0.15) is 0 Å². The Morgan fingerprint density at radius 1 is 1.20 bits per heavy atom. The highest BCUT2D eigenvalue weighted by atomic mass is 16.1.